The Morgan fingerprint density at radius 2 is 1.65 bits per heavy atom. The lowest BCUT2D eigenvalue weighted by Gasteiger charge is -2.17. The number of imidazole rings is 1. The molecule has 6 nitrogen and oxygen atoms in total. The number of hydrogen-bond donors (Lipinski definition) is 1. The molecule has 0 aliphatic rings. The normalized spacial score (nSPS) is 11.0. The Kier molecular flexibility index (Phi) is 7.03. The van der Waals surface area contributed by atoms with Gasteiger partial charge in [-0.2, -0.15) is 0 Å². The monoisotopic (exact) mass is 470 g/mol. The van der Waals surface area contributed by atoms with Gasteiger partial charge in [-0.25, -0.2) is 0 Å². The van der Waals surface area contributed by atoms with E-state index in [1.165, 1.54) is 0 Å². The second-order valence-electron chi connectivity index (χ2n) is 8.16. The number of carbonyl (C=O) groups is 2. The first-order valence-corrected chi connectivity index (χ1v) is 11.4. The molecule has 170 valence electrons. The average molecular weight is 471 g/mol. The van der Waals surface area contributed by atoms with Crippen molar-refractivity contribution in [3.05, 3.63) is 94.6 Å². The first-order chi connectivity index (χ1) is 16.4. The molecule has 1 N–H and O–H groups in total. The molecule has 0 aliphatic carbocycles. The SMILES string of the molecule is [B]c1ccc(C(=O)Cn2c(=N)n(CCCN(C)C(=O)c3ccccc3)c3c(Cl)cccc32)cc1. The van der Waals surface area contributed by atoms with Crippen LogP contribution >= 0.6 is 11.6 Å². The molecule has 0 saturated heterocycles. The van der Waals surface area contributed by atoms with E-state index in [0.29, 0.717) is 46.6 Å². The van der Waals surface area contributed by atoms with Gasteiger partial charge in [0, 0.05) is 31.3 Å². The van der Waals surface area contributed by atoms with Crippen molar-refractivity contribution in [2.24, 2.45) is 0 Å². The van der Waals surface area contributed by atoms with Gasteiger partial charge in [0.15, 0.2) is 5.78 Å². The standard InChI is InChI=1S/C26H24BClN4O2/c1-30(25(34)19-7-3-2-4-8-19)15-6-16-31-24-21(28)9-5-10-22(24)32(26(31)29)17-23(33)18-11-13-20(27)14-12-18/h2-5,7-14,29H,6,15-17H2,1H3. The minimum absolute atomic E-state index is 0.0129. The molecule has 0 saturated carbocycles. The van der Waals surface area contributed by atoms with Crippen molar-refractivity contribution < 1.29 is 9.59 Å². The number of aromatic nitrogens is 2. The molecule has 0 fully saturated rings. The minimum atomic E-state index is -0.120. The van der Waals surface area contributed by atoms with Crippen LogP contribution in [0.2, 0.25) is 5.02 Å². The van der Waals surface area contributed by atoms with Crippen LogP contribution in [0.3, 0.4) is 0 Å². The van der Waals surface area contributed by atoms with E-state index in [9.17, 15) is 9.59 Å². The number of benzene rings is 3. The molecule has 0 aliphatic heterocycles. The van der Waals surface area contributed by atoms with Gasteiger partial charge in [-0.15, -0.1) is 0 Å². The third kappa shape index (κ3) is 4.85. The summed E-state index contributed by atoms with van der Waals surface area (Å²) in [7, 11) is 7.50. The van der Waals surface area contributed by atoms with E-state index in [4.69, 9.17) is 24.9 Å². The Balaban J connectivity index is 1.55. The summed E-state index contributed by atoms with van der Waals surface area (Å²) in [6.45, 7) is 1.01. The number of nitrogens with zero attached hydrogens (tertiary/aromatic N) is 3. The summed E-state index contributed by atoms with van der Waals surface area (Å²) in [5, 5.41) is 9.29. The fourth-order valence-electron chi connectivity index (χ4n) is 4.00. The zero-order valence-electron chi connectivity index (χ0n) is 18.9. The van der Waals surface area contributed by atoms with Crippen LogP contribution in [-0.4, -0.2) is 47.2 Å². The number of para-hydroxylation sites is 1. The number of rotatable bonds is 8. The molecule has 4 aromatic rings. The van der Waals surface area contributed by atoms with Gasteiger partial charge in [-0.1, -0.05) is 65.6 Å². The first-order valence-electron chi connectivity index (χ1n) is 11.0. The van der Waals surface area contributed by atoms with Crippen LogP contribution in [0.25, 0.3) is 11.0 Å². The highest BCUT2D eigenvalue weighted by Gasteiger charge is 2.17. The molecule has 2 radical (unpaired) electrons. The fourth-order valence-corrected chi connectivity index (χ4v) is 4.28. The maximum atomic E-state index is 12.9. The molecular weight excluding hydrogens is 447 g/mol. The summed E-state index contributed by atoms with van der Waals surface area (Å²) >= 11 is 6.51. The Labute approximate surface area is 204 Å². The summed E-state index contributed by atoms with van der Waals surface area (Å²) in [6, 6.07) is 21.3. The third-order valence-electron chi connectivity index (χ3n) is 5.81. The summed E-state index contributed by atoms with van der Waals surface area (Å²) in [6.07, 6.45) is 0.627. The van der Waals surface area contributed by atoms with Crippen LogP contribution in [0, 0.1) is 5.41 Å². The van der Waals surface area contributed by atoms with Crippen LogP contribution < -0.4 is 11.1 Å². The van der Waals surface area contributed by atoms with Crippen molar-refractivity contribution in [2.45, 2.75) is 19.5 Å². The predicted molar refractivity (Wildman–Crippen MR) is 135 cm³/mol. The minimum Gasteiger partial charge on any atom is -0.342 e. The lowest BCUT2D eigenvalue weighted by Crippen LogP contribution is -2.31. The summed E-state index contributed by atoms with van der Waals surface area (Å²) in [4.78, 5) is 27.2. The smallest absolute Gasteiger partial charge is 0.253 e. The Bertz CT molecular complexity index is 1390. The third-order valence-corrected chi connectivity index (χ3v) is 6.12. The molecule has 8 heteroatoms. The zero-order valence-corrected chi connectivity index (χ0v) is 19.6. The van der Waals surface area contributed by atoms with Crippen LogP contribution in [0.4, 0.5) is 0 Å². The van der Waals surface area contributed by atoms with Crippen LogP contribution in [0.5, 0.6) is 0 Å². The number of amides is 1. The van der Waals surface area contributed by atoms with Crippen LogP contribution in [0.15, 0.2) is 72.8 Å². The number of hydrogen-bond acceptors (Lipinski definition) is 3. The second kappa shape index (κ2) is 10.1. The van der Waals surface area contributed by atoms with Crippen molar-refractivity contribution in [1.82, 2.24) is 14.0 Å². The van der Waals surface area contributed by atoms with Crippen molar-refractivity contribution in [3.8, 4) is 0 Å². The van der Waals surface area contributed by atoms with Crippen molar-refractivity contribution in [1.29, 1.82) is 5.41 Å². The molecule has 3 aromatic carbocycles. The number of carbonyl (C=O) groups excluding carboxylic acids is 2. The molecule has 0 bridgehead atoms. The predicted octanol–water partition coefficient (Wildman–Crippen LogP) is 3.41. The summed E-state index contributed by atoms with van der Waals surface area (Å²) < 4.78 is 3.47. The Hall–Kier alpha value is -3.58. The van der Waals surface area contributed by atoms with Gasteiger partial charge in [-0.3, -0.25) is 15.0 Å². The molecule has 0 atom stereocenters. The number of ketones is 1. The highest BCUT2D eigenvalue weighted by Crippen LogP contribution is 2.23. The van der Waals surface area contributed by atoms with Crippen molar-refractivity contribution >= 4 is 47.6 Å². The molecule has 1 amide bonds. The van der Waals surface area contributed by atoms with Gasteiger partial charge in [-0.05, 0) is 30.7 Å². The highest BCUT2D eigenvalue weighted by molar-refractivity contribution is 6.35. The van der Waals surface area contributed by atoms with E-state index in [2.05, 4.69) is 0 Å². The van der Waals surface area contributed by atoms with E-state index in [1.54, 1.807) is 63.5 Å². The van der Waals surface area contributed by atoms with E-state index >= 15 is 0 Å². The van der Waals surface area contributed by atoms with Gasteiger partial charge >= 0.3 is 0 Å². The molecule has 0 unspecified atom stereocenters. The lowest BCUT2D eigenvalue weighted by molar-refractivity contribution is 0.0791. The summed E-state index contributed by atoms with van der Waals surface area (Å²) in [5.74, 6) is -0.169. The topological polar surface area (TPSA) is 71.1 Å². The van der Waals surface area contributed by atoms with E-state index in [-0.39, 0.29) is 23.9 Å². The average Bonchev–Trinajstić information content (AvgIpc) is 3.11. The zero-order chi connectivity index (χ0) is 24.2. The number of halogens is 1. The van der Waals surface area contributed by atoms with E-state index in [1.807, 2.05) is 30.3 Å². The largest absolute Gasteiger partial charge is 0.342 e. The van der Waals surface area contributed by atoms with Crippen LogP contribution in [0.1, 0.15) is 27.1 Å². The molecule has 1 aromatic heterocycles. The molecule has 0 spiro atoms. The molecule has 4 rings (SSSR count). The van der Waals surface area contributed by atoms with Gasteiger partial charge in [0.25, 0.3) is 5.91 Å². The Morgan fingerprint density at radius 3 is 2.35 bits per heavy atom. The lowest BCUT2D eigenvalue weighted by atomic mass is 9.94. The van der Waals surface area contributed by atoms with E-state index in [0.717, 1.165) is 5.52 Å². The first kappa shape index (κ1) is 23.6. The van der Waals surface area contributed by atoms with Gasteiger partial charge in [0.1, 0.15) is 7.85 Å². The fraction of sp³-hybridized carbons (Fsp3) is 0.192. The number of Topliss-reactive ketones (excluding diaryl/α,β-unsaturated/α-hetero) is 1. The molecule has 34 heavy (non-hydrogen) atoms. The number of aryl methyl sites for hydroxylation is 1. The van der Waals surface area contributed by atoms with Gasteiger partial charge in [0.05, 0.1) is 22.6 Å². The van der Waals surface area contributed by atoms with Crippen molar-refractivity contribution in [3.63, 3.8) is 0 Å². The number of fused-ring (bicyclic) bond motifs is 1. The molecular formula is C26H24BClN4O2. The quantitative estimate of drug-likeness (QED) is 0.317. The van der Waals surface area contributed by atoms with Gasteiger partial charge in [0.2, 0.25) is 5.62 Å². The van der Waals surface area contributed by atoms with Crippen molar-refractivity contribution in [2.75, 3.05) is 13.6 Å². The maximum absolute atomic E-state index is 12.9. The molecule has 1 heterocycles. The Morgan fingerprint density at radius 1 is 0.941 bits per heavy atom. The second-order valence-corrected chi connectivity index (χ2v) is 8.57. The maximum Gasteiger partial charge on any atom is 0.253 e. The number of nitrogens with one attached hydrogen (secondary N) is 1. The summed E-state index contributed by atoms with van der Waals surface area (Å²) in [5.41, 5.74) is 3.37. The van der Waals surface area contributed by atoms with Crippen LogP contribution in [-0.2, 0) is 13.1 Å². The van der Waals surface area contributed by atoms with E-state index < -0.39 is 0 Å². The highest BCUT2D eigenvalue weighted by atomic mass is 35.5. The van der Waals surface area contributed by atoms with Gasteiger partial charge < -0.3 is 14.0 Å².